The number of amides is 1. The van der Waals surface area contributed by atoms with Crippen molar-refractivity contribution in [3.05, 3.63) is 42.3 Å². The van der Waals surface area contributed by atoms with Crippen molar-refractivity contribution in [2.45, 2.75) is 0 Å². The molecule has 3 nitrogen and oxygen atoms in total. The molecule has 0 atom stereocenters. The molecule has 0 aliphatic carbocycles. The average Bonchev–Trinajstić information content (AvgIpc) is 2.29. The molecule has 1 radical (unpaired) electrons. The molecular weight excluding hydrogens is 200 g/mol. The van der Waals surface area contributed by atoms with Crippen molar-refractivity contribution in [1.29, 1.82) is 0 Å². The van der Waals surface area contributed by atoms with E-state index in [1.54, 1.807) is 0 Å². The molecule has 16 heavy (non-hydrogen) atoms. The zero-order valence-electron chi connectivity index (χ0n) is 9.65. The van der Waals surface area contributed by atoms with Gasteiger partial charge in [0.25, 0.3) is 5.91 Å². The van der Waals surface area contributed by atoms with Gasteiger partial charge in [-0.05, 0) is 31.7 Å². The summed E-state index contributed by atoms with van der Waals surface area (Å²) >= 11 is 0. The number of rotatable bonds is 1. The van der Waals surface area contributed by atoms with Gasteiger partial charge in [-0.25, -0.2) is 0 Å². The molecule has 1 aromatic carbocycles. The van der Waals surface area contributed by atoms with Crippen molar-refractivity contribution in [2.24, 2.45) is 0 Å². The van der Waals surface area contributed by atoms with Crippen LogP contribution >= 0.6 is 0 Å². The molecule has 0 saturated carbocycles. The molecular formula is C13H17N2O. The molecule has 3 heteroatoms. The molecule has 1 amide bonds. The number of likely N-dealkylation sites (N-methyl/N-ethyl adjacent to an activating group) is 1. The van der Waals surface area contributed by atoms with Gasteiger partial charge < -0.3 is 9.80 Å². The number of piperazine rings is 1. The van der Waals surface area contributed by atoms with Crippen molar-refractivity contribution in [3.63, 3.8) is 0 Å². The number of hydrogen-bond donors (Lipinski definition) is 0. The summed E-state index contributed by atoms with van der Waals surface area (Å²) in [5, 5.41) is 0. The summed E-state index contributed by atoms with van der Waals surface area (Å²) in [4.78, 5) is 16.3. The third-order valence-corrected chi connectivity index (χ3v) is 2.96. The molecule has 2 rings (SSSR count). The summed E-state index contributed by atoms with van der Waals surface area (Å²) in [6.07, 6.45) is 0. The summed E-state index contributed by atoms with van der Waals surface area (Å²) in [5.74, 6) is 0.124. The van der Waals surface area contributed by atoms with Crippen LogP contribution in [0.15, 0.2) is 24.3 Å². The van der Waals surface area contributed by atoms with E-state index in [1.165, 1.54) is 0 Å². The maximum absolute atomic E-state index is 12.1. The third kappa shape index (κ3) is 2.42. The number of benzene rings is 1. The second kappa shape index (κ2) is 4.66. The highest BCUT2D eigenvalue weighted by Crippen LogP contribution is 2.09. The van der Waals surface area contributed by atoms with Gasteiger partial charge in [-0.15, -0.1) is 0 Å². The van der Waals surface area contributed by atoms with Crippen LogP contribution in [0.2, 0.25) is 0 Å². The Balaban J connectivity index is 2.08. The van der Waals surface area contributed by atoms with Gasteiger partial charge in [-0.2, -0.15) is 0 Å². The number of carbonyl (C=O) groups is 1. The monoisotopic (exact) mass is 217 g/mol. The Morgan fingerprint density at radius 1 is 1.25 bits per heavy atom. The van der Waals surface area contributed by atoms with Gasteiger partial charge in [0, 0.05) is 31.7 Å². The van der Waals surface area contributed by atoms with Crippen LogP contribution in [0.5, 0.6) is 0 Å². The Morgan fingerprint density at radius 2 is 1.94 bits per heavy atom. The zero-order valence-corrected chi connectivity index (χ0v) is 9.65. The van der Waals surface area contributed by atoms with Gasteiger partial charge in [0.15, 0.2) is 0 Å². The molecule has 0 spiro atoms. The predicted molar refractivity (Wildman–Crippen MR) is 64.3 cm³/mol. The maximum atomic E-state index is 12.1. The van der Waals surface area contributed by atoms with Crippen LogP contribution in [-0.2, 0) is 0 Å². The van der Waals surface area contributed by atoms with Gasteiger partial charge in [-0.1, -0.05) is 12.1 Å². The molecule has 85 valence electrons. The molecule has 0 unspecified atom stereocenters. The summed E-state index contributed by atoms with van der Waals surface area (Å²) in [6.45, 7) is 7.38. The first kappa shape index (κ1) is 11.1. The Labute approximate surface area is 96.7 Å². The van der Waals surface area contributed by atoms with Crippen LogP contribution in [0.1, 0.15) is 15.9 Å². The summed E-state index contributed by atoms with van der Waals surface area (Å²) in [6, 6.07) is 7.49. The first-order valence-electron chi connectivity index (χ1n) is 5.56. The minimum absolute atomic E-state index is 0.124. The SMILES string of the molecule is [CH2]c1cccc(C(=O)N2CCN(C)CC2)c1. The first-order chi connectivity index (χ1) is 7.66. The van der Waals surface area contributed by atoms with Crippen molar-refractivity contribution in [3.8, 4) is 0 Å². The lowest BCUT2D eigenvalue weighted by atomic mass is 10.1. The molecule has 0 aromatic heterocycles. The van der Waals surface area contributed by atoms with E-state index in [9.17, 15) is 4.79 Å². The third-order valence-electron chi connectivity index (χ3n) is 2.96. The molecule has 1 heterocycles. The van der Waals surface area contributed by atoms with Crippen molar-refractivity contribution < 1.29 is 4.79 Å². The van der Waals surface area contributed by atoms with Crippen LogP contribution in [0, 0.1) is 6.92 Å². The Bertz CT molecular complexity index is 381. The number of nitrogens with zero attached hydrogens (tertiary/aromatic N) is 2. The van der Waals surface area contributed by atoms with Crippen molar-refractivity contribution in [2.75, 3.05) is 33.2 Å². The second-order valence-corrected chi connectivity index (χ2v) is 4.30. The summed E-state index contributed by atoms with van der Waals surface area (Å²) in [7, 11) is 2.08. The minimum Gasteiger partial charge on any atom is -0.336 e. The van der Waals surface area contributed by atoms with Crippen molar-refractivity contribution >= 4 is 5.91 Å². The lowest BCUT2D eigenvalue weighted by Gasteiger charge is -2.32. The lowest BCUT2D eigenvalue weighted by molar-refractivity contribution is 0.0664. The normalized spacial score (nSPS) is 17.5. The van der Waals surface area contributed by atoms with E-state index < -0.39 is 0 Å². The Morgan fingerprint density at radius 3 is 2.56 bits per heavy atom. The van der Waals surface area contributed by atoms with Crippen LogP contribution in [0.3, 0.4) is 0 Å². The highest BCUT2D eigenvalue weighted by atomic mass is 16.2. The summed E-state index contributed by atoms with van der Waals surface area (Å²) < 4.78 is 0. The fourth-order valence-electron chi connectivity index (χ4n) is 1.90. The molecule has 1 aliphatic heterocycles. The fraction of sp³-hybridized carbons (Fsp3) is 0.385. The highest BCUT2D eigenvalue weighted by Gasteiger charge is 2.19. The van der Waals surface area contributed by atoms with E-state index in [0.29, 0.717) is 0 Å². The lowest BCUT2D eigenvalue weighted by Crippen LogP contribution is -2.47. The summed E-state index contributed by atoms with van der Waals surface area (Å²) in [5.41, 5.74) is 1.64. The quantitative estimate of drug-likeness (QED) is 0.707. The number of carbonyl (C=O) groups excluding carboxylic acids is 1. The van der Waals surface area contributed by atoms with Crippen molar-refractivity contribution in [1.82, 2.24) is 9.80 Å². The zero-order chi connectivity index (χ0) is 11.5. The molecule has 1 aliphatic rings. The van der Waals surface area contributed by atoms with E-state index in [1.807, 2.05) is 29.2 Å². The van der Waals surface area contributed by atoms with Gasteiger partial charge in [0.1, 0.15) is 0 Å². The van der Waals surface area contributed by atoms with Crippen LogP contribution < -0.4 is 0 Å². The van der Waals surface area contributed by atoms with Gasteiger partial charge in [-0.3, -0.25) is 4.79 Å². The Hall–Kier alpha value is -1.35. The van der Waals surface area contributed by atoms with Gasteiger partial charge >= 0.3 is 0 Å². The standard InChI is InChI=1S/C13H17N2O/c1-11-4-3-5-12(10-11)13(16)15-8-6-14(2)7-9-15/h3-5,10H,1,6-9H2,2H3. The van der Waals surface area contributed by atoms with E-state index in [4.69, 9.17) is 0 Å². The first-order valence-corrected chi connectivity index (χ1v) is 5.56. The van der Waals surface area contributed by atoms with E-state index in [-0.39, 0.29) is 5.91 Å². The minimum atomic E-state index is 0.124. The maximum Gasteiger partial charge on any atom is 0.253 e. The Kier molecular flexibility index (Phi) is 3.25. The van der Waals surface area contributed by atoms with E-state index >= 15 is 0 Å². The number of hydrogen-bond acceptors (Lipinski definition) is 2. The van der Waals surface area contributed by atoms with Crippen LogP contribution in [-0.4, -0.2) is 48.9 Å². The molecule has 1 fully saturated rings. The van der Waals surface area contributed by atoms with Crippen LogP contribution in [0.4, 0.5) is 0 Å². The van der Waals surface area contributed by atoms with E-state index in [0.717, 1.165) is 37.3 Å². The molecule has 1 aromatic rings. The average molecular weight is 217 g/mol. The largest absolute Gasteiger partial charge is 0.336 e. The van der Waals surface area contributed by atoms with Gasteiger partial charge in [0.05, 0.1) is 0 Å². The topological polar surface area (TPSA) is 23.6 Å². The molecule has 0 bridgehead atoms. The van der Waals surface area contributed by atoms with Crippen LogP contribution in [0.25, 0.3) is 0 Å². The molecule has 1 saturated heterocycles. The van der Waals surface area contributed by atoms with E-state index in [2.05, 4.69) is 18.9 Å². The fourth-order valence-corrected chi connectivity index (χ4v) is 1.90. The second-order valence-electron chi connectivity index (χ2n) is 4.30. The van der Waals surface area contributed by atoms with Gasteiger partial charge in [0.2, 0.25) is 0 Å². The predicted octanol–water partition coefficient (Wildman–Crippen LogP) is 1.26. The highest BCUT2D eigenvalue weighted by molar-refractivity contribution is 5.94. The molecule has 0 N–H and O–H groups in total. The smallest absolute Gasteiger partial charge is 0.253 e.